The van der Waals surface area contributed by atoms with E-state index in [4.69, 9.17) is 21.9 Å². The average molecular weight is 838 g/mol. The Labute approximate surface area is 357 Å². The number of anilines is 1. The maximum atomic E-state index is 13.3. The number of nitrogens with zero attached hydrogens (tertiary/aromatic N) is 3. The van der Waals surface area contributed by atoms with Gasteiger partial charge in [0.15, 0.2) is 5.78 Å². The highest BCUT2D eigenvalue weighted by atomic mass is 16.5. The van der Waals surface area contributed by atoms with Crippen LogP contribution in [-0.4, -0.2) is 82.9 Å². The number of fused-ring (bicyclic) bond motifs is 1. The Kier molecular flexibility index (Phi) is 18.1. The molecule has 326 valence electrons. The van der Waals surface area contributed by atoms with Gasteiger partial charge in [-0.05, 0) is 79.0 Å². The lowest BCUT2D eigenvalue weighted by molar-refractivity contribution is -0.145. The Morgan fingerprint density at radius 1 is 0.918 bits per heavy atom. The van der Waals surface area contributed by atoms with Crippen molar-refractivity contribution in [1.29, 1.82) is 0 Å². The predicted molar refractivity (Wildman–Crippen MR) is 235 cm³/mol. The number of primary amides is 1. The number of hydrogen-bond donors (Lipinski definition) is 6. The maximum absolute atomic E-state index is 13.3. The van der Waals surface area contributed by atoms with Gasteiger partial charge in [0.1, 0.15) is 12.4 Å². The summed E-state index contributed by atoms with van der Waals surface area (Å²) >= 11 is 0. The van der Waals surface area contributed by atoms with Gasteiger partial charge in [0.05, 0.1) is 29.7 Å². The second-order valence-electron chi connectivity index (χ2n) is 15.4. The largest absolute Gasteiger partial charge is 0.461 e. The molecule has 9 N–H and O–H groups in total. The predicted octanol–water partition coefficient (Wildman–Crippen LogP) is 4.46. The minimum atomic E-state index is -0.798. The van der Waals surface area contributed by atoms with Gasteiger partial charge < -0.3 is 42.8 Å². The van der Waals surface area contributed by atoms with Gasteiger partial charge in [-0.25, -0.2) is 9.79 Å². The summed E-state index contributed by atoms with van der Waals surface area (Å²) in [4.78, 5) is 86.8. The number of nitrogens with one attached hydrogen (secondary N) is 3. The fraction of sp³-hybridized carbons (Fsp3) is 0.422. The zero-order valence-corrected chi connectivity index (χ0v) is 35.5. The summed E-state index contributed by atoms with van der Waals surface area (Å²) in [6, 6.07) is 11.6. The fourth-order valence-electron chi connectivity index (χ4n) is 6.59. The van der Waals surface area contributed by atoms with Crippen molar-refractivity contribution < 1.29 is 33.5 Å². The molecule has 0 aliphatic carbocycles. The van der Waals surface area contributed by atoms with E-state index in [2.05, 4.69) is 25.9 Å². The molecule has 1 aliphatic heterocycles. The lowest BCUT2D eigenvalue weighted by Crippen LogP contribution is -2.50. The van der Waals surface area contributed by atoms with E-state index >= 15 is 0 Å². The number of pyridine rings is 1. The lowest BCUT2D eigenvalue weighted by Gasteiger charge is -2.22. The van der Waals surface area contributed by atoms with Crippen molar-refractivity contribution in [1.82, 2.24) is 20.5 Å². The van der Waals surface area contributed by atoms with Crippen LogP contribution in [-0.2, 0) is 43.4 Å². The standard InChI is InChI=1S/C45H59N9O7/c1-5-18-54(19-6-2)44(59)34-22-32-14-15-33(23-37(32)52-39(46)24-34)42(57)51-35-20-31(25-49-26-35)13-16-40(56)61-27-30-11-9-29(10-12-30)21-38(55)36(8-7-17-50-45(48)60)53-43(58)41(47)28(3)4/h9-12,14-15,20,22-23,25-26,28,36,41H,5-8,13,16-19,21,24,27,47H2,1-4H3,(H2,46,52)(H,51,57)(H,53,58)(H3,48,50,60)/t36-,41-/m0/s1. The highest BCUT2D eigenvalue weighted by molar-refractivity contribution is 6.08. The van der Waals surface area contributed by atoms with Crippen LogP contribution in [0.25, 0.3) is 6.08 Å². The second-order valence-corrected chi connectivity index (χ2v) is 15.4. The summed E-state index contributed by atoms with van der Waals surface area (Å²) < 4.78 is 5.49. The first-order valence-electron chi connectivity index (χ1n) is 20.7. The number of nitrogens with two attached hydrogens (primary N) is 3. The van der Waals surface area contributed by atoms with E-state index in [1.54, 1.807) is 60.8 Å². The van der Waals surface area contributed by atoms with Crippen LogP contribution in [0.15, 0.2) is 71.5 Å². The van der Waals surface area contributed by atoms with E-state index in [9.17, 15) is 28.8 Å². The molecule has 0 fully saturated rings. The number of ketones is 1. The number of carbonyl (C=O) groups excluding carboxylic acids is 6. The molecule has 1 aromatic heterocycles. The van der Waals surface area contributed by atoms with Crippen LogP contribution in [0, 0.1) is 5.92 Å². The summed E-state index contributed by atoms with van der Waals surface area (Å²) in [6.45, 7) is 9.29. The highest BCUT2D eigenvalue weighted by Gasteiger charge is 2.26. The number of aryl methyl sites for hydroxylation is 1. The van der Waals surface area contributed by atoms with Crippen molar-refractivity contribution in [3.8, 4) is 0 Å². The SMILES string of the molecule is CCCN(CCC)C(=O)C1=Cc2ccc(C(=O)Nc3cncc(CCC(=O)OCc4ccc(CC(=O)[C@H](CCCNC(N)=O)NC(=O)[C@@H](N)C(C)C)cc4)c3)cc2N=C(N)C1. The highest BCUT2D eigenvalue weighted by Crippen LogP contribution is 2.29. The third-order valence-corrected chi connectivity index (χ3v) is 9.97. The Balaban J connectivity index is 1.28. The Bertz CT molecular complexity index is 2090. The van der Waals surface area contributed by atoms with Gasteiger partial charge in [0.25, 0.3) is 5.91 Å². The number of amides is 5. The van der Waals surface area contributed by atoms with E-state index in [0.717, 1.165) is 24.0 Å². The number of aliphatic imine (C=N–C) groups is 1. The van der Waals surface area contributed by atoms with Gasteiger partial charge in [-0.2, -0.15) is 0 Å². The van der Waals surface area contributed by atoms with E-state index in [1.165, 1.54) is 6.20 Å². The second kappa shape index (κ2) is 23.4. The first-order valence-corrected chi connectivity index (χ1v) is 20.7. The number of rotatable bonds is 22. The number of hydrogen-bond acceptors (Lipinski definition) is 11. The maximum Gasteiger partial charge on any atom is 0.312 e. The fourth-order valence-corrected chi connectivity index (χ4v) is 6.59. The molecule has 61 heavy (non-hydrogen) atoms. The number of amidine groups is 1. The van der Waals surface area contributed by atoms with Crippen molar-refractivity contribution in [3.63, 3.8) is 0 Å². The van der Waals surface area contributed by atoms with Crippen LogP contribution in [0.5, 0.6) is 0 Å². The molecule has 0 bridgehead atoms. The summed E-state index contributed by atoms with van der Waals surface area (Å²) in [6.07, 6.45) is 7.99. The number of urea groups is 1. The quantitative estimate of drug-likeness (QED) is 0.0612. The Morgan fingerprint density at radius 3 is 2.30 bits per heavy atom. The molecule has 16 heteroatoms. The van der Waals surface area contributed by atoms with Crippen molar-refractivity contribution in [3.05, 3.63) is 94.3 Å². The molecule has 5 amide bonds. The number of carbonyl (C=O) groups is 6. The average Bonchev–Trinajstić information content (AvgIpc) is 3.40. The molecule has 1 aliphatic rings. The van der Waals surface area contributed by atoms with Gasteiger partial charge in [0.2, 0.25) is 11.8 Å². The van der Waals surface area contributed by atoms with Gasteiger partial charge in [0, 0.05) is 61.8 Å². The van der Waals surface area contributed by atoms with Gasteiger partial charge in [-0.1, -0.05) is 58.0 Å². The molecular weight excluding hydrogens is 779 g/mol. The molecule has 2 atom stereocenters. The van der Waals surface area contributed by atoms with Crippen LogP contribution < -0.4 is 33.2 Å². The lowest BCUT2D eigenvalue weighted by atomic mass is 9.98. The molecule has 2 aromatic carbocycles. The molecule has 3 aromatic rings. The van der Waals surface area contributed by atoms with Crippen LogP contribution in [0.3, 0.4) is 0 Å². The minimum Gasteiger partial charge on any atom is -0.461 e. The van der Waals surface area contributed by atoms with E-state index in [-0.39, 0.29) is 61.8 Å². The smallest absolute Gasteiger partial charge is 0.312 e. The number of ether oxygens (including phenoxy) is 1. The molecule has 0 saturated carbocycles. The third kappa shape index (κ3) is 15.0. The molecule has 16 nitrogen and oxygen atoms in total. The van der Waals surface area contributed by atoms with Gasteiger partial charge >= 0.3 is 12.0 Å². The molecular formula is C45H59N9O7. The minimum absolute atomic E-state index is 0.0279. The zero-order chi connectivity index (χ0) is 44.5. The zero-order valence-electron chi connectivity index (χ0n) is 35.5. The molecule has 0 spiro atoms. The van der Waals surface area contributed by atoms with Crippen LogP contribution in [0.1, 0.15) is 98.8 Å². The topological polar surface area (TPSA) is 254 Å². The number of aromatic nitrogens is 1. The number of benzene rings is 2. The third-order valence-electron chi connectivity index (χ3n) is 9.97. The molecule has 0 saturated heterocycles. The van der Waals surface area contributed by atoms with Crippen molar-refractivity contribution in [2.45, 2.75) is 97.8 Å². The van der Waals surface area contributed by atoms with Crippen LogP contribution in [0.4, 0.5) is 16.2 Å². The summed E-state index contributed by atoms with van der Waals surface area (Å²) in [7, 11) is 0. The van der Waals surface area contributed by atoms with Gasteiger partial charge in [-0.15, -0.1) is 0 Å². The molecule has 0 radical (unpaired) electrons. The van der Waals surface area contributed by atoms with Crippen LogP contribution >= 0.6 is 0 Å². The molecule has 2 heterocycles. The Morgan fingerprint density at radius 2 is 1.62 bits per heavy atom. The molecule has 0 unspecified atom stereocenters. The normalized spacial score (nSPS) is 13.1. The summed E-state index contributed by atoms with van der Waals surface area (Å²) in [5.41, 5.74) is 22.0. The molecule has 4 rings (SSSR count). The Hall–Kier alpha value is -6.42. The van der Waals surface area contributed by atoms with E-state index in [0.29, 0.717) is 66.0 Å². The number of esters is 1. The monoisotopic (exact) mass is 837 g/mol. The summed E-state index contributed by atoms with van der Waals surface area (Å²) in [5, 5.41) is 8.10. The van der Waals surface area contributed by atoms with Crippen molar-refractivity contribution in [2.75, 3.05) is 25.0 Å². The van der Waals surface area contributed by atoms with Crippen LogP contribution in [0.2, 0.25) is 0 Å². The van der Waals surface area contributed by atoms with Crippen molar-refractivity contribution >= 4 is 58.8 Å². The first-order chi connectivity index (χ1) is 29.2. The van der Waals surface area contributed by atoms with E-state index in [1.807, 2.05) is 32.6 Å². The first kappa shape index (κ1) is 47.3. The van der Waals surface area contributed by atoms with E-state index < -0.39 is 30.0 Å². The van der Waals surface area contributed by atoms with Gasteiger partial charge in [-0.3, -0.25) is 29.0 Å². The van der Waals surface area contributed by atoms with Crippen molar-refractivity contribution in [2.24, 2.45) is 28.1 Å². The number of Topliss-reactive ketones (excluding diaryl/α,β-unsaturated/α-hetero) is 1. The summed E-state index contributed by atoms with van der Waals surface area (Å²) in [5.74, 6) is -1.35.